The summed E-state index contributed by atoms with van der Waals surface area (Å²) >= 11 is 0. The molecule has 30 heavy (non-hydrogen) atoms. The average molecular weight is 394 g/mol. The van der Waals surface area contributed by atoms with Crippen LogP contribution in [0.4, 0.5) is 5.69 Å². The molecule has 0 fully saturated rings. The highest BCUT2D eigenvalue weighted by atomic mass is 16.3. The number of phenolic OH excluding ortho intramolecular Hbond substituents is 1. The molecule has 3 nitrogen and oxygen atoms in total. The van der Waals surface area contributed by atoms with Crippen LogP contribution < -0.4 is 0 Å². The molecule has 0 spiro atoms. The van der Waals surface area contributed by atoms with Gasteiger partial charge in [-0.3, -0.25) is 0 Å². The Hall–Kier alpha value is -3.43. The molecule has 0 bridgehead atoms. The van der Waals surface area contributed by atoms with Gasteiger partial charge in [0.15, 0.2) is 12.8 Å². The number of hydrogen-bond acceptors (Lipinski definition) is 2. The molecule has 0 saturated heterocycles. The van der Waals surface area contributed by atoms with Gasteiger partial charge in [0.25, 0.3) is 0 Å². The van der Waals surface area contributed by atoms with E-state index in [1.807, 2.05) is 54.6 Å². The zero-order valence-corrected chi connectivity index (χ0v) is 16.6. The van der Waals surface area contributed by atoms with Gasteiger partial charge in [0, 0.05) is 22.8 Å². The predicted octanol–water partition coefficient (Wildman–Crippen LogP) is 5.37. The van der Waals surface area contributed by atoms with Crippen molar-refractivity contribution in [2.45, 2.75) is 19.1 Å². The molecule has 1 heterocycles. The van der Waals surface area contributed by atoms with Crippen LogP contribution in [0.3, 0.4) is 0 Å². The Morgan fingerprint density at radius 2 is 1.57 bits per heavy atom. The maximum atomic E-state index is 11.4. The second-order valence-corrected chi connectivity index (χ2v) is 7.92. The van der Waals surface area contributed by atoms with Gasteiger partial charge >= 0.3 is 0 Å². The average Bonchev–Trinajstić information content (AvgIpc) is 2.79. The first-order valence-electron chi connectivity index (χ1n) is 10.3. The normalized spacial score (nSPS) is 16.7. The Morgan fingerprint density at radius 3 is 2.43 bits per heavy atom. The molecule has 0 radical (unpaired) electrons. The number of hydrogen-bond donors (Lipinski definition) is 2. The van der Waals surface area contributed by atoms with Crippen molar-refractivity contribution >= 4 is 22.7 Å². The highest BCUT2D eigenvalue weighted by Crippen LogP contribution is 2.39. The molecule has 0 aromatic heterocycles. The molecule has 1 aliphatic rings. The van der Waals surface area contributed by atoms with Crippen molar-refractivity contribution in [2.75, 3.05) is 0 Å². The molecule has 5 rings (SSSR count). The Balaban J connectivity index is 1.58. The maximum Gasteiger partial charge on any atom is 0.208 e. The van der Waals surface area contributed by atoms with Crippen LogP contribution in [0, 0.1) is 5.92 Å². The molecule has 2 atom stereocenters. The van der Waals surface area contributed by atoms with E-state index < -0.39 is 6.10 Å². The van der Waals surface area contributed by atoms with E-state index in [4.69, 9.17) is 0 Å². The second-order valence-electron chi connectivity index (χ2n) is 7.92. The third kappa shape index (κ3) is 3.38. The first kappa shape index (κ1) is 18.6. The van der Waals surface area contributed by atoms with Crippen LogP contribution in [0.2, 0.25) is 0 Å². The van der Waals surface area contributed by atoms with Crippen molar-refractivity contribution in [1.82, 2.24) is 0 Å². The van der Waals surface area contributed by atoms with Crippen molar-refractivity contribution in [3.63, 3.8) is 0 Å². The Kier molecular flexibility index (Phi) is 4.82. The van der Waals surface area contributed by atoms with E-state index in [2.05, 4.69) is 41.1 Å². The molecule has 148 valence electrons. The minimum atomic E-state index is -0.803. The number of aliphatic hydroxyl groups excluding tert-OH is 1. The van der Waals surface area contributed by atoms with Crippen LogP contribution in [0.1, 0.15) is 22.8 Å². The standard InChI is InChI=1S/C27H23NO2/c29-25-15-14-20-10-4-6-12-23(20)26(25)27(30)22-16-21-11-5-7-13-24(21)28(18-22)17-19-8-2-1-3-9-19/h1-15,18,22,27,30H,16-17H2/p+1. The van der Waals surface area contributed by atoms with Crippen LogP contribution >= 0.6 is 0 Å². The molecular formula is C27H24NO2+. The van der Waals surface area contributed by atoms with E-state index >= 15 is 0 Å². The summed E-state index contributed by atoms with van der Waals surface area (Å²) in [7, 11) is 0. The number of aliphatic hydroxyl groups is 1. The van der Waals surface area contributed by atoms with Crippen molar-refractivity contribution in [2.24, 2.45) is 5.92 Å². The van der Waals surface area contributed by atoms with Gasteiger partial charge in [0.2, 0.25) is 5.69 Å². The fourth-order valence-corrected chi connectivity index (χ4v) is 4.50. The first-order valence-corrected chi connectivity index (χ1v) is 10.3. The molecule has 4 aromatic carbocycles. The minimum Gasteiger partial charge on any atom is -0.508 e. The number of phenols is 1. The van der Waals surface area contributed by atoms with E-state index in [0.29, 0.717) is 5.56 Å². The van der Waals surface area contributed by atoms with Gasteiger partial charge in [-0.05, 0) is 23.3 Å². The lowest BCUT2D eigenvalue weighted by Gasteiger charge is -2.25. The van der Waals surface area contributed by atoms with E-state index in [9.17, 15) is 10.2 Å². The molecule has 2 N–H and O–H groups in total. The number of benzene rings is 4. The van der Waals surface area contributed by atoms with E-state index in [1.165, 1.54) is 16.8 Å². The van der Waals surface area contributed by atoms with Crippen LogP contribution in [-0.4, -0.2) is 21.0 Å². The van der Waals surface area contributed by atoms with Gasteiger partial charge in [0.05, 0.1) is 12.0 Å². The molecule has 2 unspecified atom stereocenters. The highest BCUT2D eigenvalue weighted by molar-refractivity contribution is 5.88. The van der Waals surface area contributed by atoms with Gasteiger partial charge in [-0.2, -0.15) is 4.58 Å². The van der Waals surface area contributed by atoms with E-state index in [1.54, 1.807) is 6.07 Å². The first-order chi connectivity index (χ1) is 14.7. The fourth-order valence-electron chi connectivity index (χ4n) is 4.50. The molecule has 0 amide bonds. The van der Waals surface area contributed by atoms with Gasteiger partial charge in [-0.15, -0.1) is 0 Å². The number of fused-ring (bicyclic) bond motifs is 2. The largest absolute Gasteiger partial charge is 0.508 e. The lowest BCUT2D eigenvalue weighted by atomic mass is 9.85. The number of aromatic hydroxyl groups is 1. The Bertz CT molecular complexity index is 1230. The fraction of sp³-hybridized carbons (Fsp3) is 0.148. The van der Waals surface area contributed by atoms with Crippen LogP contribution in [0.25, 0.3) is 10.8 Å². The van der Waals surface area contributed by atoms with Crippen molar-refractivity contribution < 1.29 is 14.8 Å². The summed E-state index contributed by atoms with van der Waals surface area (Å²) < 4.78 is 2.23. The SMILES string of the molecule is Oc1ccc2ccccc2c1C(O)C1C=[N+](Cc2ccccc2)c2ccccc2C1. The van der Waals surface area contributed by atoms with E-state index in [-0.39, 0.29) is 11.7 Å². The monoisotopic (exact) mass is 394 g/mol. The van der Waals surface area contributed by atoms with Crippen LogP contribution in [0.5, 0.6) is 5.75 Å². The van der Waals surface area contributed by atoms with Gasteiger partial charge < -0.3 is 10.2 Å². The number of nitrogens with zero attached hydrogens (tertiary/aromatic N) is 1. The minimum absolute atomic E-state index is 0.139. The third-order valence-corrected chi connectivity index (χ3v) is 5.97. The predicted molar refractivity (Wildman–Crippen MR) is 120 cm³/mol. The summed E-state index contributed by atoms with van der Waals surface area (Å²) in [4.78, 5) is 0. The van der Waals surface area contributed by atoms with Crippen molar-refractivity contribution in [3.05, 3.63) is 108 Å². The molecule has 4 aromatic rings. The van der Waals surface area contributed by atoms with Crippen molar-refractivity contribution in [3.8, 4) is 5.75 Å². The maximum absolute atomic E-state index is 11.4. The smallest absolute Gasteiger partial charge is 0.208 e. The highest BCUT2D eigenvalue weighted by Gasteiger charge is 2.33. The lowest BCUT2D eigenvalue weighted by Crippen LogP contribution is -2.27. The van der Waals surface area contributed by atoms with Crippen LogP contribution in [0.15, 0.2) is 91.0 Å². The quantitative estimate of drug-likeness (QED) is 0.457. The molecule has 0 saturated carbocycles. The molecule has 1 aliphatic heterocycles. The summed E-state index contributed by atoms with van der Waals surface area (Å²) in [5.74, 6) is 0.00314. The summed E-state index contributed by atoms with van der Waals surface area (Å²) in [5, 5.41) is 23.9. The number of para-hydroxylation sites is 1. The molecular weight excluding hydrogens is 370 g/mol. The summed E-state index contributed by atoms with van der Waals surface area (Å²) in [6.45, 7) is 0.739. The topological polar surface area (TPSA) is 43.5 Å². The summed E-state index contributed by atoms with van der Waals surface area (Å²) in [6, 6.07) is 30.2. The van der Waals surface area contributed by atoms with Gasteiger partial charge in [-0.1, -0.05) is 78.9 Å². The molecule has 3 heteroatoms. The molecule has 0 aliphatic carbocycles. The van der Waals surface area contributed by atoms with E-state index in [0.717, 1.165) is 23.7 Å². The van der Waals surface area contributed by atoms with Crippen molar-refractivity contribution in [1.29, 1.82) is 0 Å². The summed E-state index contributed by atoms with van der Waals surface area (Å²) in [5.41, 5.74) is 4.20. The second kappa shape index (κ2) is 7.77. The lowest BCUT2D eigenvalue weighted by molar-refractivity contribution is -0.458. The third-order valence-electron chi connectivity index (χ3n) is 5.97. The summed E-state index contributed by atoms with van der Waals surface area (Å²) in [6.07, 6.45) is 2.05. The zero-order valence-electron chi connectivity index (χ0n) is 16.6. The Labute approximate surface area is 176 Å². The Morgan fingerprint density at radius 1 is 0.833 bits per heavy atom. The number of rotatable bonds is 4. The van der Waals surface area contributed by atoms with Gasteiger partial charge in [-0.25, -0.2) is 0 Å². The zero-order chi connectivity index (χ0) is 20.5. The van der Waals surface area contributed by atoms with Crippen LogP contribution in [-0.2, 0) is 13.0 Å². The van der Waals surface area contributed by atoms with Gasteiger partial charge in [0.1, 0.15) is 5.75 Å².